The van der Waals surface area contributed by atoms with Crippen LogP contribution in [0.5, 0.6) is 11.5 Å². The van der Waals surface area contributed by atoms with Crippen molar-refractivity contribution in [1.29, 1.82) is 0 Å². The number of carboxylic acid groups (broad SMARTS) is 1. The van der Waals surface area contributed by atoms with Crippen LogP contribution in [0.1, 0.15) is 139 Å². The number of primary amides is 1. The summed E-state index contributed by atoms with van der Waals surface area (Å²) < 4.78 is 0. The van der Waals surface area contributed by atoms with Gasteiger partial charge in [0.1, 0.15) is 90.0 Å². The quantitative estimate of drug-likeness (QED) is 0.00849. The van der Waals surface area contributed by atoms with E-state index in [1.807, 2.05) is 6.07 Å². The second-order valence-corrected chi connectivity index (χ2v) is 35.6. The zero-order valence-corrected chi connectivity index (χ0v) is 78.2. The van der Waals surface area contributed by atoms with Crippen LogP contribution >= 0.6 is 21.6 Å². The number of aliphatic carboxylic acids is 1. The first-order valence-electron chi connectivity index (χ1n) is 45.2. The van der Waals surface area contributed by atoms with Crippen molar-refractivity contribution in [3.05, 3.63) is 108 Å². The van der Waals surface area contributed by atoms with Crippen LogP contribution in [0, 0.1) is 0 Å². The van der Waals surface area contributed by atoms with E-state index in [4.69, 9.17) is 68.8 Å². The number of fused-ring (bicyclic) bond motifs is 2. The van der Waals surface area contributed by atoms with Gasteiger partial charge in [0.2, 0.25) is 76.8 Å². The molecule has 0 aliphatic carbocycles. The molecule has 2 saturated heterocycles. The molecule has 0 radical (unpaired) electrons. The first kappa shape index (κ1) is 112. The second kappa shape index (κ2) is 59.2. The van der Waals surface area contributed by atoms with Crippen LogP contribution in [-0.2, 0) is 86.4 Å². The number of aliphatic imine (C=N–C) groups is 4. The van der Waals surface area contributed by atoms with E-state index in [0.29, 0.717) is 29.4 Å². The van der Waals surface area contributed by atoms with Crippen molar-refractivity contribution in [2.45, 2.75) is 226 Å². The Morgan fingerprint density at radius 1 is 0.460 bits per heavy atom. The first-order valence-corrected chi connectivity index (χ1v) is 47.7. The van der Waals surface area contributed by atoms with Crippen LogP contribution in [0.15, 0.2) is 111 Å². The molecule has 4 aromatic rings. The van der Waals surface area contributed by atoms with E-state index in [2.05, 4.69) is 89.1 Å². The van der Waals surface area contributed by atoms with Crippen molar-refractivity contribution >= 4 is 145 Å². The molecule has 6 rings (SSSR count). The summed E-state index contributed by atoms with van der Waals surface area (Å²) in [5, 5.41) is 67.1. The minimum atomic E-state index is -1.87. The van der Waals surface area contributed by atoms with Crippen LogP contribution in [0.25, 0.3) is 10.8 Å². The molecule has 137 heavy (non-hydrogen) atoms. The number of nitrogens with one attached hydrogen (secondary N) is 13. The average Bonchev–Trinajstić information content (AvgIpc) is 1.81. The van der Waals surface area contributed by atoms with E-state index in [1.165, 1.54) is 53.4 Å². The van der Waals surface area contributed by atoms with Crippen molar-refractivity contribution in [3.8, 4) is 11.5 Å². The summed E-state index contributed by atoms with van der Waals surface area (Å²) >= 11 is 0. The molecule has 752 valence electrons. The molecule has 50 heteroatoms. The fourth-order valence-corrected chi connectivity index (χ4v) is 17.0. The molecule has 2 aliphatic heterocycles. The maximum Gasteiger partial charge on any atom is 0.325 e. The molecule has 15 amide bonds. The summed E-state index contributed by atoms with van der Waals surface area (Å²) in [6.07, 6.45) is -0.756. The maximum atomic E-state index is 15.9. The van der Waals surface area contributed by atoms with E-state index >= 15 is 52.7 Å². The molecule has 0 unspecified atom stereocenters. The number of carboxylic acids is 1. The molecule has 40 N–H and O–H groups in total. The van der Waals surface area contributed by atoms with E-state index in [9.17, 15) is 34.5 Å². The van der Waals surface area contributed by atoms with Gasteiger partial charge in [-0.3, -0.25) is 87.1 Å². The lowest BCUT2D eigenvalue weighted by atomic mass is 10.00. The van der Waals surface area contributed by atoms with Gasteiger partial charge >= 0.3 is 12.0 Å². The van der Waals surface area contributed by atoms with Crippen LogP contribution in [-0.4, -0.2) is 281 Å². The predicted octanol–water partition coefficient (Wildman–Crippen LogP) is -6.16. The number of urea groups is 1. The van der Waals surface area contributed by atoms with Gasteiger partial charge in [0.05, 0.1) is 6.04 Å². The molecule has 2 fully saturated rings. The number of guanidine groups is 4. The fraction of sp³-hybridized carbons (Fsp3) is 0.529. The van der Waals surface area contributed by atoms with Gasteiger partial charge in [0.15, 0.2) is 23.8 Å². The monoisotopic (exact) mass is 1950 g/mol. The van der Waals surface area contributed by atoms with Gasteiger partial charge in [-0.25, -0.2) is 4.79 Å². The third-order valence-corrected chi connectivity index (χ3v) is 24.5. The Morgan fingerprint density at radius 2 is 0.891 bits per heavy atom. The Bertz CT molecular complexity index is 4830. The molecular formula is C87H134N30O18S2. The van der Waals surface area contributed by atoms with Gasteiger partial charge in [-0.1, -0.05) is 88.3 Å². The van der Waals surface area contributed by atoms with Crippen molar-refractivity contribution in [1.82, 2.24) is 74.0 Å². The number of rotatable bonds is 43. The van der Waals surface area contributed by atoms with Gasteiger partial charge in [-0.2, -0.15) is 0 Å². The summed E-state index contributed by atoms with van der Waals surface area (Å²) in [5.41, 5.74) is 70.1. The highest BCUT2D eigenvalue weighted by atomic mass is 33.1. The molecule has 48 nitrogen and oxygen atoms in total. The van der Waals surface area contributed by atoms with E-state index in [0.717, 1.165) is 33.9 Å². The van der Waals surface area contributed by atoms with Crippen LogP contribution < -0.4 is 138 Å². The van der Waals surface area contributed by atoms with Gasteiger partial charge in [0, 0.05) is 70.0 Å². The highest BCUT2D eigenvalue weighted by Crippen LogP contribution is 2.27. The molecule has 14 atom stereocenters. The summed E-state index contributed by atoms with van der Waals surface area (Å²) in [6, 6.07) is 0.177. The van der Waals surface area contributed by atoms with Crippen molar-refractivity contribution < 1.29 is 87.2 Å². The maximum absolute atomic E-state index is 15.9. The van der Waals surface area contributed by atoms with E-state index in [-0.39, 0.29) is 209 Å². The number of phenolic OH excluding ortho intramolecular Hbond substituents is 2. The summed E-state index contributed by atoms with van der Waals surface area (Å²) in [6.45, 7) is 1.00. The zero-order valence-electron chi connectivity index (χ0n) is 76.6. The van der Waals surface area contributed by atoms with E-state index < -0.39 is 191 Å². The van der Waals surface area contributed by atoms with Crippen molar-refractivity contribution in [2.75, 3.05) is 63.9 Å². The summed E-state index contributed by atoms with van der Waals surface area (Å²) in [4.78, 5) is 240. The first-order chi connectivity index (χ1) is 65.3. The van der Waals surface area contributed by atoms with Gasteiger partial charge in [-0.15, -0.1) is 0 Å². The number of benzene rings is 4. The molecule has 2 aliphatic rings. The Morgan fingerprint density at radius 3 is 1.39 bits per heavy atom. The minimum absolute atomic E-state index is 0.0273. The van der Waals surface area contributed by atoms with Gasteiger partial charge in [0.25, 0.3) is 0 Å². The molecule has 0 aromatic heterocycles. The van der Waals surface area contributed by atoms with Gasteiger partial charge in [-0.05, 0) is 187 Å². The average molecular weight is 1950 g/mol. The molecule has 4 aromatic carbocycles. The number of carbonyl (C=O) groups is 15. The van der Waals surface area contributed by atoms with Crippen LogP contribution in [0.2, 0.25) is 0 Å². The molecule has 0 bridgehead atoms. The van der Waals surface area contributed by atoms with E-state index in [1.54, 1.807) is 36.4 Å². The van der Waals surface area contributed by atoms with Crippen molar-refractivity contribution in [2.24, 2.45) is 88.8 Å². The number of amides is 15. The Hall–Kier alpha value is -13.7. The molecule has 2 heterocycles. The fourth-order valence-electron chi connectivity index (χ4n) is 14.7. The number of nitrogens with zero attached hydrogens (tertiary/aromatic N) is 5. The number of hydrogen-bond donors (Lipinski definition) is 28. The summed E-state index contributed by atoms with van der Waals surface area (Å²) in [5.74, 6) is -16.9. The Kier molecular flexibility index (Phi) is 48.4. The SMILES string of the molecule is C[C@H](NC(=O)[C@@H]1CSSC[C@H](NC(=O)[C@H](Cc2ccc3ccccc3c2)NC(=O)[C@H](CCCN=C(N)N)NC(=O)[C@@H](N)CCCN=C(N)N)C(=O)N[C@@H](Cc2ccc(O)cc2)C(=O)N[C@@H](CCCN=C(N)N)C(=O)N[C@@H](CCCCN)C(=O)N[C@H](CCCCN)C(=O)N2CCC[C@H]2C(=O)N[C@@H](Cc2ccc(O)cc2)C(=O)N[C@@H](CCCN=C(N)N)C(=O)N[C@@H](CCCNC(N)=O)C(=O)N1)C(=O)O. The zero-order chi connectivity index (χ0) is 101. The number of unbranched alkanes of at least 4 members (excludes halogenated alkanes) is 2. The standard InChI is InChI=1S/C87H134N30O18S2/c1-48(82(133)134)105-78(129)66-46-136-137-47-67(116-77(128)65(45-51-24-29-52-14-2-3-15-53(52)42-51)112-73(124)58(19-9-37-101-84(93)94)106-69(120)56(90)16-8-36-100-83(91)92)79(130)113-63(43-49-25-30-54(118)31-26-49)75(126)109-59(20-10-38-102-85(95)96)70(121)107-57(17-4-6-34-88)72(123)111-62(18-5-7-35-89)81(132)117-41-13-23-68(117)80(131)114-64(44-50-27-32-55(119)33-28-50)76(127)110-60(21-11-39-103-86(97)98)71(122)108-61(74(125)115-66)22-12-40-104-87(99)135/h2-3,14-15,24-33,42,48,56-68,118-119H,4-13,16-23,34-41,43-47,88-90H2,1H3,(H,105,129)(H,106,120)(H,107,121)(H,108,122)(H,109,126)(H,110,127)(H,111,123)(H,112,124)(H,113,130)(H,114,131)(H,115,125)(H,116,128)(H,133,134)(H4,91,92,100)(H4,93,94,101)(H4,95,96,102)(H4,97,98,103)(H3,99,104,135)/t48-,56-,57-,58-,59-,60-,61-,62+,63-,64-,65-,66-,67-,68-/m0/s1. The van der Waals surface area contributed by atoms with Crippen molar-refractivity contribution in [3.63, 3.8) is 0 Å². The number of hydrogen-bond acceptors (Lipinski definition) is 26. The minimum Gasteiger partial charge on any atom is -0.508 e. The lowest BCUT2D eigenvalue weighted by Crippen LogP contribution is -2.61. The smallest absolute Gasteiger partial charge is 0.325 e. The molecule has 0 spiro atoms. The second-order valence-electron chi connectivity index (χ2n) is 33.0. The molecule has 0 saturated carbocycles. The summed E-state index contributed by atoms with van der Waals surface area (Å²) in [7, 11) is 1.52. The number of carbonyl (C=O) groups excluding carboxylic acids is 14. The molecular weight excluding hydrogens is 1820 g/mol. The lowest BCUT2D eigenvalue weighted by molar-refractivity contribution is -0.142. The largest absolute Gasteiger partial charge is 0.508 e. The highest BCUT2D eigenvalue weighted by molar-refractivity contribution is 8.76. The number of nitrogens with two attached hydrogens (primary N) is 12. The van der Waals surface area contributed by atoms with Crippen LogP contribution in [0.4, 0.5) is 4.79 Å². The number of aromatic hydroxyl groups is 2. The Balaban J connectivity index is 1.59. The van der Waals surface area contributed by atoms with Crippen LogP contribution in [0.3, 0.4) is 0 Å². The van der Waals surface area contributed by atoms with Gasteiger partial charge < -0.3 is 158 Å². The third-order valence-electron chi connectivity index (χ3n) is 22.1. The highest BCUT2D eigenvalue weighted by Gasteiger charge is 2.42. The predicted molar refractivity (Wildman–Crippen MR) is 518 cm³/mol. The normalized spacial score (nSPS) is 20.6. The third kappa shape index (κ3) is 40.8. The topological polar surface area (TPSA) is 838 Å². The Labute approximate surface area is 800 Å². The number of phenols is 2. The lowest BCUT2D eigenvalue weighted by Gasteiger charge is -2.31.